The van der Waals surface area contributed by atoms with E-state index in [-0.39, 0.29) is 6.04 Å². The van der Waals surface area contributed by atoms with Crippen molar-refractivity contribution in [3.05, 3.63) is 23.8 Å². The lowest BCUT2D eigenvalue weighted by atomic mass is 10.0. The zero-order chi connectivity index (χ0) is 12.3. The molecular weight excluding hydrogens is 200 g/mol. The molecule has 1 atom stereocenters. The van der Waals surface area contributed by atoms with Crippen LogP contribution in [0.15, 0.2) is 18.2 Å². The molecule has 0 bridgehead atoms. The molecule has 0 amide bonds. The predicted molar refractivity (Wildman–Crippen MR) is 69.1 cm³/mol. The van der Waals surface area contributed by atoms with Gasteiger partial charge in [0.15, 0.2) is 0 Å². The molecule has 0 unspecified atom stereocenters. The smallest absolute Gasteiger partial charge is 0.125 e. The second-order valence-electron chi connectivity index (χ2n) is 4.39. The summed E-state index contributed by atoms with van der Waals surface area (Å²) in [5.74, 6) is 0.861. The molecule has 2 N–H and O–H groups in total. The van der Waals surface area contributed by atoms with Gasteiger partial charge in [-0.05, 0) is 32.9 Å². The zero-order valence-electron chi connectivity index (χ0n) is 10.8. The molecule has 0 aromatic heterocycles. The predicted octanol–water partition coefficient (Wildman–Crippen LogP) is 2.56. The second-order valence-corrected chi connectivity index (χ2v) is 4.39. The van der Waals surface area contributed by atoms with E-state index in [1.807, 2.05) is 19.1 Å². The van der Waals surface area contributed by atoms with Gasteiger partial charge in [0.05, 0.1) is 7.11 Å². The molecular formula is C13H22N2O. The Morgan fingerprint density at radius 1 is 1.25 bits per heavy atom. The van der Waals surface area contributed by atoms with Crippen LogP contribution in [0.4, 0.5) is 5.69 Å². The Kier molecular flexibility index (Phi) is 4.19. The van der Waals surface area contributed by atoms with Crippen molar-refractivity contribution < 1.29 is 4.74 Å². The molecule has 0 fully saturated rings. The number of hydrogen-bond acceptors (Lipinski definition) is 3. The third-order valence-corrected chi connectivity index (χ3v) is 2.87. The van der Waals surface area contributed by atoms with Gasteiger partial charge in [0, 0.05) is 30.4 Å². The SMILES string of the molecule is COc1cccc(N(C)C(C)C)c1[C@H](C)N. The molecule has 1 rings (SSSR count). The van der Waals surface area contributed by atoms with E-state index in [9.17, 15) is 0 Å². The summed E-state index contributed by atoms with van der Waals surface area (Å²) in [5, 5.41) is 0. The Hall–Kier alpha value is -1.22. The zero-order valence-corrected chi connectivity index (χ0v) is 10.8. The van der Waals surface area contributed by atoms with Crippen molar-refractivity contribution in [3.63, 3.8) is 0 Å². The Balaban J connectivity index is 3.27. The van der Waals surface area contributed by atoms with E-state index in [2.05, 4.69) is 31.9 Å². The van der Waals surface area contributed by atoms with Crippen LogP contribution < -0.4 is 15.4 Å². The number of anilines is 1. The van der Waals surface area contributed by atoms with Crippen molar-refractivity contribution >= 4 is 5.69 Å². The van der Waals surface area contributed by atoms with Crippen molar-refractivity contribution in [3.8, 4) is 5.75 Å². The van der Waals surface area contributed by atoms with Crippen LogP contribution >= 0.6 is 0 Å². The van der Waals surface area contributed by atoms with Crippen LogP contribution in [-0.4, -0.2) is 20.2 Å². The summed E-state index contributed by atoms with van der Waals surface area (Å²) in [6.07, 6.45) is 0. The monoisotopic (exact) mass is 222 g/mol. The molecule has 0 radical (unpaired) electrons. The van der Waals surface area contributed by atoms with Crippen LogP contribution in [-0.2, 0) is 0 Å². The van der Waals surface area contributed by atoms with Gasteiger partial charge in [0.2, 0.25) is 0 Å². The van der Waals surface area contributed by atoms with E-state index in [0.717, 1.165) is 17.0 Å². The maximum absolute atomic E-state index is 6.02. The third kappa shape index (κ3) is 2.47. The van der Waals surface area contributed by atoms with E-state index in [4.69, 9.17) is 10.5 Å². The van der Waals surface area contributed by atoms with E-state index >= 15 is 0 Å². The Bertz CT molecular complexity index is 348. The third-order valence-electron chi connectivity index (χ3n) is 2.87. The maximum atomic E-state index is 6.02. The first kappa shape index (κ1) is 12.8. The highest BCUT2D eigenvalue weighted by molar-refractivity contribution is 5.60. The number of methoxy groups -OCH3 is 1. The lowest BCUT2D eigenvalue weighted by Gasteiger charge is -2.28. The van der Waals surface area contributed by atoms with Gasteiger partial charge in [0.1, 0.15) is 5.75 Å². The van der Waals surface area contributed by atoms with Gasteiger partial charge < -0.3 is 15.4 Å². The van der Waals surface area contributed by atoms with Crippen LogP contribution in [0.5, 0.6) is 5.75 Å². The summed E-state index contributed by atoms with van der Waals surface area (Å²) in [6.45, 7) is 6.30. The summed E-state index contributed by atoms with van der Waals surface area (Å²) in [6, 6.07) is 6.44. The molecule has 1 aromatic carbocycles. The van der Waals surface area contributed by atoms with Crippen LogP contribution in [0.1, 0.15) is 32.4 Å². The highest BCUT2D eigenvalue weighted by Gasteiger charge is 2.16. The fourth-order valence-electron chi connectivity index (χ4n) is 1.75. The lowest BCUT2D eigenvalue weighted by molar-refractivity contribution is 0.407. The molecule has 0 heterocycles. The van der Waals surface area contributed by atoms with Crippen LogP contribution in [0.3, 0.4) is 0 Å². The average molecular weight is 222 g/mol. The second kappa shape index (κ2) is 5.21. The number of rotatable bonds is 4. The fraction of sp³-hybridized carbons (Fsp3) is 0.538. The van der Waals surface area contributed by atoms with Crippen molar-refractivity contribution in [1.29, 1.82) is 0 Å². The van der Waals surface area contributed by atoms with Gasteiger partial charge in [0.25, 0.3) is 0 Å². The number of ether oxygens (including phenoxy) is 1. The van der Waals surface area contributed by atoms with Crippen LogP contribution in [0, 0.1) is 0 Å². The molecule has 0 aliphatic carbocycles. The molecule has 90 valence electrons. The summed E-state index contributed by atoms with van der Waals surface area (Å²) < 4.78 is 5.37. The van der Waals surface area contributed by atoms with Crippen molar-refractivity contribution in [2.24, 2.45) is 5.73 Å². The fourth-order valence-corrected chi connectivity index (χ4v) is 1.75. The van der Waals surface area contributed by atoms with Gasteiger partial charge in [-0.2, -0.15) is 0 Å². The molecule has 0 spiro atoms. The summed E-state index contributed by atoms with van der Waals surface area (Å²) in [7, 11) is 3.76. The Labute approximate surface area is 98.2 Å². The molecule has 1 aromatic rings. The number of hydrogen-bond donors (Lipinski definition) is 1. The quantitative estimate of drug-likeness (QED) is 0.851. The van der Waals surface area contributed by atoms with Crippen molar-refractivity contribution in [2.45, 2.75) is 32.9 Å². The van der Waals surface area contributed by atoms with E-state index in [1.165, 1.54) is 0 Å². The summed E-state index contributed by atoms with van der Waals surface area (Å²) in [4.78, 5) is 2.21. The average Bonchev–Trinajstić information content (AvgIpc) is 2.26. The van der Waals surface area contributed by atoms with Gasteiger partial charge in [-0.15, -0.1) is 0 Å². The topological polar surface area (TPSA) is 38.5 Å². The minimum Gasteiger partial charge on any atom is -0.496 e. The van der Waals surface area contributed by atoms with Gasteiger partial charge in [-0.25, -0.2) is 0 Å². The summed E-state index contributed by atoms with van der Waals surface area (Å²) >= 11 is 0. The van der Waals surface area contributed by atoms with Gasteiger partial charge in [-0.1, -0.05) is 6.07 Å². The van der Waals surface area contributed by atoms with Crippen LogP contribution in [0.2, 0.25) is 0 Å². The minimum atomic E-state index is -0.0349. The van der Waals surface area contributed by atoms with E-state index < -0.39 is 0 Å². The minimum absolute atomic E-state index is 0.0349. The molecule has 3 nitrogen and oxygen atoms in total. The number of benzene rings is 1. The lowest BCUT2D eigenvalue weighted by Crippen LogP contribution is -2.27. The number of nitrogens with zero attached hydrogens (tertiary/aromatic N) is 1. The first-order chi connectivity index (χ1) is 7.49. The molecule has 0 saturated carbocycles. The van der Waals surface area contributed by atoms with E-state index in [0.29, 0.717) is 6.04 Å². The van der Waals surface area contributed by atoms with Crippen LogP contribution in [0.25, 0.3) is 0 Å². The highest BCUT2D eigenvalue weighted by atomic mass is 16.5. The van der Waals surface area contributed by atoms with Gasteiger partial charge >= 0.3 is 0 Å². The van der Waals surface area contributed by atoms with Crippen molar-refractivity contribution in [1.82, 2.24) is 0 Å². The molecule has 16 heavy (non-hydrogen) atoms. The maximum Gasteiger partial charge on any atom is 0.125 e. The highest BCUT2D eigenvalue weighted by Crippen LogP contribution is 2.33. The molecule has 0 aliphatic rings. The standard InChI is InChI=1S/C13H22N2O/c1-9(2)15(4)11-7-6-8-12(16-5)13(11)10(3)14/h6-10H,14H2,1-5H3/t10-/m0/s1. The molecule has 0 saturated heterocycles. The van der Waals surface area contributed by atoms with Gasteiger partial charge in [-0.3, -0.25) is 0 Å². The summed E-state index contributed by atoms with van der Waals surface area (Å²) in [5.41, 5.74) is 8.24. The Morgan fingerprint density at radius 3 is 2.31 bits per heavy atom. The molecule has 3 heteroatoms. The largest absolute Gasteiger partial charge is 0.496 e. The number of nitrogens with two attached hydrogens (primary N) is 1. The molecule has 0 aliphatic heterocycles. The van der Waals surface area contributed by atoms with E-state index in [1.54, 1.807) is 7.11 Å². The first-order valence-electron chi connectivity index (χ1n) is 5.64. The normalized spacial score (nSPS) is 12.7. The Morgan fingerprint density at radius 2 is 1.88 bits per heavy atom. The van der Waals surface area contributed by atoms with Crippen molar-refractivity contribution in [2.75, 3.05) is 19.1 Å². The first-order valence-corrected chi connectivity index (χ1v) is 5.64.